The van der Waals surface area contributed by atoms with Crippen molar-refractivity contribution in [3.63, 3.8) is 0 Å². The van der Waals surface area contributed by atoms with Crippen molar-refractivity contribution < 1.29 is 8.42 Å². The maximum atomic E-state index is 11.6. The van der Waals surface area contributed by atoms with Crippen LogP contribution in [-0.4, -0.2) is 37.1 Å². The van der Waals surface area contributed by atoms with Crippen molar-refractivity contribution in [2.24, 2.45) is 0 Å². The number of unbranched alkanes of at least 4 members (excludes halogenated alkanes) is 9. The number of sulfone groups is 1. The number of hydrogen-bond acceptors (Lipinski definition) is 3. The van der Waals surface area contributed by atoms with Crippen LogP contribution < -0.4 is 10.6 Å². The summed E-state index contributed by atoms with van der Waals surface area (Å²) in [7, 11) is -2.90. The molecule has 1 unspecified atom stereocenters. The molecule has 0 aliphatic carbocycles. The summed E-state index contributed by atoms with van der Waals surface area (Å²) in [5.74, 6) is 0.442. The zero-order chi connectivity index (χ0) is 17.9. The van der Waals surface area contributed by atoms with Gasteiger partial charge in [-0.1, -0.05) is 64.7 Å². The molecule has 0 spiro atoms. The molecule has 0 aromatic heterocycles. The van der Waals surface area contributed by atoms with Gasteiger partial charge in [0.25, 0.3) is 0 Å². The lowest BCUT2D eigenvalue weighted by atomic mass is 10.0. The van der Waals surface area contributed by atoms with E-state index in [-0.39, 0.29) is 11.5 Å². The largest absolute Gasteiger partial charge is 0.363 e. The van der Waals surface area contributed by atoms with Crippen LogP contribution in [0.2, 0.25) is 0 Å². The van der Waals surface area contributed by atoms with Gasteiger partial charge in [0.15, 0.2) is 14.9 Å². The van der Waals surface area contributed by atoms with Gasteiger partial charge in [-0.2, -0.15) is 0 Å². The smallest absolute Gasteiger partial charge is 0.166 e. The van der Waals surface area contributed by atoms with Crippen LogP contribution in [0.25, 0.3) is 0 Å². The third-order valence-corrected chi connectivity index (χ3v) is 6.88. The summed E-state index contributed by atoms with van der Waals surface area (Å²) in [5.41, 5.74) is -0.402. The Labute approximate surface area is 154 Å². The van der Waals surface area contributed by atoms with Crippen LogP contribution in [0.5, 0.6) is 0 Å². The first-order valence-electron chi connectivity index (χ1n) is 9.63. The average Bonchev–Trinajstić information content (AvgIpc) is 2.78. The number of hydrogen-bond donors (Lipinski definition) is 2. The maximum Gasteiger partial charge on any atom is 0.166 e. The molecule has 0 amide bonds. The lowest BCUT2D eigenvalue weighted by molar-refractivity contribution is 0.467. The van der Waals surface area contributed by atoms with E-state index >= 15 is 0 Å². The second-order valence-electron chi connectivity index (χ2n) is 7.47. The third kappa shape index (κ3) is 9.82. The second-order valence-corrected chi connectivity index (χ2v) is 10.1. The summed E-state index contributed by atoms with van der Waals surface area (Å²) in [6.07, 6.45) is 13.9. The van der Waals surface area contributed by atoms with E-state index in [4.69, 9.17) is 12.2 Å². The molecule has 1 rings (SSSR count). The van der Waals surface area contributed by atoms with Gasteiger partial charge in [0.05, 0.1) is 17.0 Å². The van der Waals surface area contributed by atoms with E-state index in [0.717, 1.165) is 13.0 Å². The van der Waals surface area contributed by atoms with Crippen molar-refractivity contribution in [1.82, 2.24) is 10.6 Å². The van der Waals surface area contributed by atoms with Crippen molar-refractivity contribution >= 4 is 27.2 Å². The molecule has 2 N–H and O–H groups in total. The topological polar surface area (TPSA) is 58.2 Å². The predicted molar refractivity (Wildman–Crippen MR) is 107 cm³/mol. The molecule has 0 radical (unpaired) electrons. The highest BCUT2D eigenvalue weighted by atomic mass is 32.2. The van der Waals surface area contributed by atoms with Crippen molar-refractivity contribution in [1.29, 1.82) is 0 Å². The quantitative estimate of drug-likeness (QED) is 0.399. The Bertz CT molecular complexity index is 466. The molecule has 24 heavy (non-hydrogen) atoms. The molecule has 0 saturated carbocycles. The summed E-state index contributed by atoms with van der Waals surface area (Å²) >= 11 is 5.29. The summed E-state index contributed by atoms with van der Waals surface area (Å²) in [5, 5.41) is 6.99. The van der Waals surface area contributed by atoms with Crippen molar-refractivity contribution in [2.75, 3.05) is 18.1 Å². The molecule has 4 nitrogen and oxygen atoms in total. The van der Waals surface area contributed by atoms with Gasteiger partial charge < -0.3 is 10.6 Å². The van der Waals surface area contributed by atoms with Gasteiger partial charge in [0.1, 0.15) is 0 Å². The fraction of sp³-hybridized carbons (Fsp3) is 0.944. The SMILES string of the molecule is CCCCCCCCCCCCNC(=S)NC1(C)CCS(=O)(=O)C1. The number of rotatable bonds is 12. The second kappa shape index (κ2) is 11.3. The third-order valence-electron chi connectivity index (χ3n) is 4.73. The van der Waals surface area contributed by atoms with Crippen LogP contribution in [0.15, 0.2) is 0 Å². The fourth-order valence-electron chi connectivity index (χ4n) is 3.24. The molecule has 0 bridgehead atoms. The zero-order valence-electron chi connectivity index (χ0n) is 15.5. The van der Waals surface area contributed by atoms with Gasteiger partial charge in [-0.15, -0.1) is 0 Å². The van der Waals surface area contributed by atoms with Gasteiger partial charge in [-0.05, 0) is 32.0 Å². The molecule has 1 fully saturated rings. The van der Waals surface area contributed by atoms with E-state index in [1.807, 2.05) is 6.92 Å². The molecule has 1 saturated heterocycles. The minimum atomic E-state index is -2.90. The standard InChI is InChI=1S/C18H36N2O2S2/c1-3-4-5-6-7-8-9-10-11-12-14-19-17(23)20-18(2)13-15-24(21,22)16-18/h3-16H2,1-2H3,(H2,19,20,23). The highest BCUT2D eigenvalue weighted by molar-refractivity contribution is 7.91. The lowest BCUT2D eigenvalue weighted by Crippen LogP contribution is -2.51. The molecular formula is C18H36N2O2S2. The van der Waals surface area contributed by atoms with Gasteiger partial charge in [-0.25, -0.2) is 8.42 Å². The number of thiocarbonyl (C=S) groups is 1. The van der Waals surface area contributed by atoms with E-state index in [2.05, 4.69) is 17.6 Å². The lowest BCUT2D eigenvalue weighted by Gasteiger charge is -2.26. The molecule has 0 aromatic rings. The fourth-order valence-corrected chi connectivity index (χ4v) is 5.68. The predicted octanol–water partition coefficient (Wildman–Crippen LogP) is 3.95. The van der Waals surface area contributed by atoms with Crippen molar-refractivity contribution in [3.05, 3.63) is 0 Å². The van der Waals surface area contributed by atoms with Gasteiger partial charge in [0.2, 0.25) is 0 Å². The summed E-state index contributed by atoms with van der Waals surface area (Å²) in [4.78, 5) is 0. The van der Waals surface area contributed by atoms with Crippen LogP contribution in [0.4, 0.5) is 0 Å². The van der Waals surface area contributed by atoms with Crippen LogP contribution in [0.3, 0.4) is 0 Å². The number of nitrogens with one attached hydrogen (secondary N) is 2. The van der Waals surface area contributed by atoms with E-state index < -0.39 is 15.4 Å². The van der Waals surface area contributed by atoms with E-state index in [9.17, 15) is 8.42 Å². The Morgan fingerprint density at radius 3 is 2.04 bits per heavy atom. The molecule has 1 aliphatic heterocycles. The van der Waals surface area contributed by atoms with E-state index in [1.54, 1.807) is 0 Å². The van der Waals surface area contributed by atoms with Crippen molar-refractivity contribution in [2.45, 2.75) is 90.0 Å². The Morgan fingerprint density at radius 1 is 1.00 bits per heavy atom. The van der Waals surface area contributed by atoms with E-state index in [0.29, 0.717) is 11.5 Å². The highest BCUT2D eigenvalue weighted by Gasteiger charge is 2.38. The Balaban J connectivity index is 1.95. The average molecular weight is 377 g/mol. The molecule has 6 heteroatoms. The van der Waals surface area contributed by atoms with Gasteiger partial charge >= 0.3 is 0 Å². The van der Waals surface area contributed by atoms with Crippen LogP contribution in [-0.2, 0) is 9.84 Å². The highest BCUT2D eigenvalue weighted by Crippen LogP contribution is 2.22. The monoisotopic (exact) mass is 376 g/mol. The zero-order valence-corrected chi connectivity index (χ0v) is 17.2. The first kappa shape index (κ1) is 21.7. The molecule has 0 aromatic carbocycles. The van der Waals surface area contributed by atoms with Gasteiger partial charge in [-0.3, -0.25) is 0 Å². The summed E-state index contributed by atoms with van der Waals surface area (Å²) < 4.78 is 23.2. The van der Waals surface area contributed by atoms with Crippen LogP contribution in [0.1, 0.15) is 84.5 Å². The summed E-state index contributed by atoms with van der Waals surface area (Å²) in [6, 6.07) is 0. The Hall–Kier alpha value is -0.360. The van der Waals surface area contributed by atoms with Crippen LogP contribution in [0, 0.1) is 0 Å². The molecule has 142 valence electrons. The minimum Gasteiger partial charge on any atom is -0.363 e. The van der Waals surface area contributed by atoms with Gasteiger partial charge in [0, 0.05) is 6.54 Å². The van der Waals surface area contributed by atoms with E-state index in [1.165, 1.54) is 57.8 Å². The maximum absolute atomic E-state index is 11.6. The molecular weight excluding hydrogens is 340 g/mol. The Kier molecular flexibility index (Phi) is 10.2. The van der Waals surface area contributed by atoms with Crippen molar-refractivity contribution in [3.8, 4) is 0 Å². The normalized spacial score (nSPS) is 22.4. The molecule has 1 atom stereocenters. The molecule has 1 heterocycles. The minimum absolute atomic E-state index is 0.181. The summed E-state index contributed by atoms with van der Waals surface area (Å²) in [6.45, 7) is 5.06. The first-order valence-corrected chi connectivity index (χ1v) is 11.9. The van der Waals surface area contributed by atoms with Crippen LogP contribution >= 0.6 is 12.2 Å². The first-order chi connectivity index (χ1) is 11.4. The molecule has 1 aliphatic rings. The Morgan fingerprint density at radius 2 is 1.54 bits per heavy atom.